The van der Waals surface area contributed by atoms with Crippen molar-refractivity contribution in [1.82, 2.24) is 10.2 Å². The SMILES string of the molecule is CCC1CNC2(CCCC2)CN1CCC1CCCCO1. The molecule has 0 aromatic rings. The van der Waals surface area contributed by atoms with E-state index < -0.39 is 0 Å². The van der Waals surface area contributed by atoms with Crippen LogP contribution in [0.25, 0.3) is 0 Å². The molecule has 2 heterocycles. The highest BCUT2D eigenvalue weighted by Crippen LogP contribution is 2.33. The molecular formula is C17H32N2O. The summed E-state index contributed by atoms with van der Waals surface area (Å²) in [5.41, 5.74) is 0.457. The van der Waals surface area contributed by atoms with Gasteiger partial charge in [-0.2, -0.15) is 0 Å². The van der Waals surface area contributed by atoms with E-state index in [1.807, 2.05) is 0 Å². The summed E-state index contributed by atoms with van der Waals surface area (Å²) >= 11 is 0. The fourth-order valence-corrected chi connectivity index (χ4v) is 4.43. The maximum absolute atomic E-state index is 5.91. The van der Waals surface area contributed by atoms with Crippen LogP contribution < -0.4 is 5.32 Å². The van der Waals surface area contributed by atoms with Crippen molar-refractivity contribution in [2.75, 3.05) is 26.2 Å². The van der Waals surface area contributed by atoms with Gasteiger partial charge in [-0.3, -0.25) is 4.90 Å². The molecule has 3 aliphatic rings. The summed E-state index contributed by atoms with van der Waals surface area (Å²) in [5, 5.41) is 3.89. The number of nitrogens with zero attached hydrogens (tertiary/aromatic N) is 1. The van der Waals surface area contributed by atoms with Gasteiger partial charge in [-0.1, -0.05) is 19.8 Å². The van der Waals surface area contributed by atoms with E-state index in [9.17, 15) is 0 Å². The summed E-state index contributed by atoms with van der Waals surface area (Å²) in [4.78, 5) is 2.78. The zero-order valence-electron chi connectivity index (χ0n) is 13.2. The van der Waals surface area contributed by atoms with Crippen molar-refractivity contribution in [3.05, 3.63) is 0 Å². The Hall–Kier alpha value is -0.120. The molecule has 1 saturated carbocycles. The molecular weight excluding hydrogens is 248 g/mol. The van der Waals surface area contributed by atoms with E-state index in [1.54, 1.807) is 0 Å². The van der Waals surface area contributed by atoms with Crippen LogP contribution in [0.1, 0.15) is 64.7 Å². The molecule has 116 valence electrons. The van der Waals surface area contributed by atoms with Crippen LogP contribution in [-0.2, 0) is 4.74 Å². The molecule has 0 aromatic heterocycles. The van der Waals surface area contributed by atoms with Crippen LogP contribution in [0.4, 0.5) is 0 Å². The van der Waals surface area contributed by atoms with Gasteiger partial charge in [-0.25, -0.2) is 0 Å². The monoisotopic (exact) mass is 280 g/mol. The molecule has 1 N–H and O–H groups in total. The third-order valence-electron chi connectivity index (χ3n) is 5.78. The summed E-state index contributed by atoms with van der Waals surface area (Å²) in [5.74, 6) is 0. The number of rotatable bonds is 4. The van der Waals surface area contributed by atoms with Gasteiger partial charge in [0.1, 0.15) is 0 Å². The largest absolute Gasteiger partial charge is 0.378 e. The predicted octanol–water partition coefficient (Wildman–Crippen LogP) is 2.94. The first-order valence-corrected chi connectivity index (χ1v) is 8.92. The van der Waals surface area contributed by atoms with Gasteiger partial charge in [-0.05, 0) is 44.9 Å². The Labute approximate surface area is 124 Å². The molecule has 2 unspecified atom stereocenters. The number of piperazine rings is 1. The van der Waals surface area contributed by atoms with Gasteiger partial charge in [0.2, 0.25) is 0 Å². The first kappa shape index (κ1) is 14.8. The number of ether oxygens (including phenoxy) is 1. The second-order valence-corrected chi connectivity index (χ2v) is 7.18. The molecule has 3 nitrogen and oxygen atoms in total. The molecule has 20 heavy (non-hydrogen) atoms. The van der Waals surface area contributed by atoms with Crippen LogP contribution in [0.5, 0.6) is 0 Å². The molecule has 1 spiro atoms. The Bertz CT molecular complexity index is 295. The standard InChI is InChI=1S/C17H32N2O/c1-2-15-13-18-17(9-4-5-10-17)14-19(15)11-8-16-7-3-6-12-20-16/h15-16,18H,2-14H2,1H3. The minimum Gasteiger partial charge on any atom is -0.378 e. The second kappa shape index (κ2) is 6.76. The zero-order chi connectivity index (χ0) is 13.8. The van der Waals surface area contributed by atoms with Crippen LogP contribution >= 0.6 is 0 Å². The van der Waals surface area contributed by atoms with Gasteiger partial charge >= 0.3 is 0 Å². The first-order chi connectivity index (χ1) is 9.81. The highest BCUT2D eigenvalue weighted by molar-refractivity contribution is 5.00. The minimum absolute atomic E-state index is 0.457. The van der Waals surface area contributed by atoms with Crippen LogP contribution in [0.15, 0.2) is 0 Å². The van der Waals surface area contributed by atoms with Crippen molar-refractivity contribution in [2.24, 2.45) is 0 Å². The average molecular weight is 280 g/mol. The topological polar surface area (TPSA) is 24.5 Å². The Morgan fingerprint density at radius 2 is 2.05 bits per heavy atom. The lowest BCUT2D eigenvalue weighted by Gasteiger charge is -2.46. The molecule has 3 fully saturated rings. The van der Waals surface area contributed by atoms with Gasteiger partial charge in [0.15, 0.2) is 0 Å². The zero-order valence-corrected chi connectivity index (χ0v) is 13.2. The van der Waals surface area contributed by atoms with E-state index in [0.29, 0.717) is 11.6 Å². The van der Waals surface area contributed by atoms with Gasteiger partial charge in [0.25, 0.3) is 0 Å². The lowest BCUT2D eigenvalue weighted by atomic mass is 9.91. The molecule has 3 heteroatoms. The van der Waals surface area contributed by atoms with E-state index in [-0.39, 0.29) is 0 Å². The Kier molecular flexibility index (Phi) is 5.00. The summed E-state index contributed by atoms with van der Waals surface area (Å²) in [7, 11) is 0. The molecule has 2 saturated heterocycles. The molecule has 0 aromatic carbocycles. The second-order valence-electron chi connectivity index (χ2n) is 7.18. The molecule has 2 atom stereocenters. The maximum Gasteiger partial charge on any atom is 0.0587 e. The molecule has 0 amide bonds. The number of hydrogen-bond acceptors (Lipinski definition) is 3. The van der Waals surface area contributed by atoms with Crippen LogP contribution in [-0.4, -0.2) is 48.8 Å². The van der Waals surface area contributed by atoms with Gasteiger partial charge < -0.3 is 10.1 Å². The molecule has 0 radical (unpaired) electrons. The number of nitrogens with one attached hydrogen (secondary N) is 1. The van der Waals surface area contributed by atoms with Gasteiger partial charge in [-0.15, -0.1) is 0 Å². The third-order valence-corrected chi connectivity index (χ3v) is 5.78. The summed E-state index contributed by atoms with van der Waals surface area (Å²) in [6, 6.07) is 0.741. The van der Waals surface area contributed by atoms with Crippen molar-refractivity contribution in [3.8, 4) is 0 Å². The van der Waals surface area contributed by atoms with Gasteiger partial charge in [0.05, 0.1) is 6.10 Å². The normalized spacial score (nSPS) is 34.6. The predicted molar refractivity (Wildman–Crippen MR) is 83.1 cm³/mol. The third kappa shape index (κ3) is 3.37. The summed E-state index contributed by atoms with van der Waals surface area (Å²) in [6.45, 7) is 7.04. The average Bonchev–Trinajstić information content (AvgIpc) is 2.94. The summed E-state index contributed by atoms with van der Waals surface area (Å²) in [6.07, 6.45) is 12.6. The van der Waals surface area contributed by atoms with Crippen molar-refractivity contribution in [3.63, 3.8) is 0 Å². The van der Waals surface area contributed by atoms with Crippen molar-refractivity contribution < 1.29 is 4.74 Å². The Morgan fingerprint density at radius 3 is 2.75 bits per heavy atom. The first-order valence-electron chi connectivity index (χ1n) is 8.92. The van der Waals surface area contributed by atoms with Crippen LogP contribution in [0, 0.1) is 0 Å². The van der Waals surface area contributed by atoms with Crippen molar-refractivity contribution in [2.45, 2.75) is 82.4 Å². The molecule has 2 aliphatic heterocycles. The fourth-order valence-electron chi connectivity index (χ4n) is 4.43. The lowest BCUT2D eigenvalue weighted by Crippen LogP contribution is -2.63. The summed E-state index contributed by atoms with van der Waals surface area (Å²) < 4.78 is 5.91. The highest BCUT2D eigenvalue weighted by Gasteiger charge is 2.40. The Balaban J connectivity index is 1.53. The lowest BCUT2D eigenvalue weighted by molar-refractivity contribution is -0.00467. The number of hydrogen-bond donors (Lipinski definition) is 1. The van der Waals surface area contributed by atoms with Crippen LogP contribution in [0.2, 0.25) is 0 Å². The van der Waals surface area contributed by atoms with E-state index in [2.05, 4.69) is 17.1 Å². The van der Waals surface area contributed by atoms with E-state index in [4.69, 9.17) is 4.74 Å². The molecule has 1 aliphatic carbocycles. The van der Waals surface area contributed by atoms with Crippen molar-refractivity contribution >= 4 is 0 Å². The quantitative estimate of drug-likeness (QED) is 0.857. The smallest absolute Gasteiger partial charge is 0.0587 e. The van der Waals surface area contributed by atoms with Crippen LogP contribution in [0.3, 0.4) is 0 Å². The van der Waals surface area contributed by atoms with Crippen molar-refractivity contribution in [1.29, 1.82) is 0 Å². The Morgan fingerprint density at radius 1 is 1.20 bits per heavy atom. The maximum atomic E-state index is 5.91. The highest BCUT2D eigenvalue weighted by atomic mass is 16.5. The minimum atomic E-state index is 0.457. The molecule has 3 rings (SSSR count). The van der Waals surface area contributed by atoms with Gasteiger partial charge in [0, 0.05) is 37.8 Å². The molecule has 0 bridgehead atoms. The van der Waals surface area contributed by atoms with E-state index in [1.165, 1.54) is 77.4 Å². The van der Waals surface area contributed by atoms with E-state index in [0.717, 1.165) is 12.6 Å². The fraction of sp³-hybridized carbons (Fsp3) is 1.00. The van der Waals surface area contributed by atoms with E-state index >= 15 is 0 Å².